The number of carbonyl (C=O) groups excluding carboxylic acids is 1. The van der Waals surface area contributed by atoms with Crippen molar-refractivity contribution < 1.29 is 4.79 Å². The lowest BCUT2D eigenvalue weighted by molar-refractivity contribution is 0.103. The van der Waals surface area contributed by atoms with E-state index in [-0.39, 0.29) is 5.91 Å². The van der Waals surface area contributed by atoms with Gasteiger partial charge in [-0.1, -0.05) is 32.4 Å². The molecule has 0 spiro atoms. The van der Waals surface area contributed by atoms with Crippen LogP contribution in [-0.2, 0) is 19.4 Å². The first-order chi connectivity index (χ1) is 12.2. The van der Waals surface area contributed by atoms with Gasteiger partial charge in [-0.15, -0.1) is 11.3 Å². The highest BCUT2D eigenvalue weighted by atomic mass is 32.1. The van der Waals surface area contributed by atoms with E-state index < -0.39 is 0 Å². The zero-order valence-corrected chi connectivity index (χ0v) is 15.5. The molecule has 0 aliphatic heterocycles. The van der Waals surface area contributed by atoms with Crippen LogP contribution < -0.4 is 5.32 Å². The lowest BCUT2D eigenvalue weighted by Crippen LogP contribution is -2.10. The summed E-state index contributed by atoms with van der Waals surface area (Å²) < 4.78 is 2.00. The van der Waals surface area contributed by atoms with Crippen LogP contribution in [-0.4, -0.2) is 15.5 Å². The molecule has 130 valence electrons. The number of hydrogen-bond acceptors (Lipinski definition) is 3. The van der Waals surface area contributed by atoms with Gasteiger partial charge in [0.2, 0.25) is 0 Å². The molecule has 4 nitrogen and oxygen atoms in total. The van der Waals surface area contributed by atoms with Crippen molar-refractivity contribution in [3.63, 3.8) is 0 Å². The lowest BCUT2D eigenvalue weighted by Gasteiger charge is -2.07. The smallest absolute Gasteiger partial charge is 0.265 e. The molecule has 25 heavy (non-hydrogen) atoms. The van der Waals surface area contributed by atoms with Crippen molar-refractivity contribution in [3.05, 3.63) is 69.9 Å². The molecule has 0 saturated carbocycles. The molecular formula is C20H23N3OS. The van der Waals surface area contributed by atoms with E-state index in [1.807, 2.05) is 35.0 Å². The van der Waals surface area contributed by atoms with Crippen molar-refractivity contribution in [2.24, 2.45) is 0 Å². The SMILES string of the molecule is CCCc1sc(C(=O)Nc2cccc(Cn3ccnc3)c2)cc1CC. The second-order valence-corrected chi connectivity index (χ2v) is 7.19. The molecule has 0 aliphatic rings. The monoisotopic (exact) mass is 353 g/mol. The predicted octanol–water partition coefficient (Wildman–Crippen LogP) is 4.76. The third-order valence-corrected chi connectivity index (χ3v) is 5.32. The van der Waals surface area contributed by atoms with Crippen LogP contribution in [0.5, 0.6) is 0 Å². The Morgan fingerprint density at radius 3 is 2.88 bits per heavy atom. The van der Waals surface area contributed by atoms with E-state index in [4.69, 9.17) is 0 Å². The zero-order valence-electron chi connectivity index (χ0n) is 14.7. The van der Waals surface area contributed by atoms with Gasteiger partial charge in [0.05, 0.1) is 11.2 Å². The fourth-order valence-corrected chi connectivity index (χ4v) is 4.10. The highest BCUT2D eigenvalue weighted by Gasteiger charge is 2.13. The molecule has 2 aromatic heterocycles. The fraction of sp³-hybridized carbons (Fsp3) is 0.300. The van der Waals surface area contributed by atoms with E-state index in [2.05, 4.69) is 30.2 Å². The van der Waals surface area contributed by atoms with Gasteiger partial charge in [-0.3, -0.25) is 4.79 Å². The van der Waals surface area contributed by atoms with Crippen LogP contribution in [0.25, 0.3) is 0 Å². The van der Waals surface area contributed by atoms with Crippen molar-refractivity contribution in [2.45, 2.75) is 39.7 Å². The maximum Gasteiger partial charge on any atom is 0.265 e. The van der Waals surface area contributed by atoms with Gasteiger partial charge < -0.3 is 9.88 Å². The summed E-state index contributed by atoms with van der Waals surface area (Å²) in [6.07, 6.45) is 8.60. The number of anilines is 1. The minimum absolute atomic E-state index is 0.0261. The summed E-state index contributed by atoms with van der Waals surface area (Å²) in [7, 11) is 0. The van der Waals surface area contributed by atoms with Crippen LogP contribution in [0.2, 0.25) is 0 Å². The largest absolute Gasteiger partial charge is 0.333 e. The molecule has 0 aliphatic carbocycles. The van der Waals surface area contributed by atoms with Crippen LogP contribution in [0, 0.1) is 0 Å². The van der Waals surface area contributed by atoms with Crippen molar-refractivity contribution in [2.75, 3.05) is 5.32 Å². The van der Waals surface area contributed by atoms with Crippen LogP contribution in [0.1, 0.15) is 45.9 Å². The van der Waals surface area contributed by atoms with Crippen molar-refractivity contribution >= 4 is 22.9 Å². The number of hydrogen-bond donors (Lipinski definition) is 1. The number of rotatable bonds is 7. The average Bonchev–Trinajstić information content (AvgIpc) is 3.25. The van der Waals surface area contributed by atoms with Crippen LogP contribution >= 0.6 is 11.3 Å². The quantitative estimate of drug-likeness (QED) is 0.666. The Bertz CT molecular complexity index is 837. The third kappa shape index (κ3) is 4.37. The average molecular weight is 353 g/mol. The number of imidazole rings is 1. The molecular weight excluding hydrogens is 330 g/mol. The van der Waals surface area contributed by atoms with E-state index in [9.17, 15) is 4.79 Å². The highest BCUT2D eigenvalue weighted by molar-refractivity contribution is 7.14. The third-order valence-electron chi connectivity index (χ3n) is 4.09. The van der Waals surface area contributed by atoms with E-state index >= 15 is 0 Å². The topological polar surface area (TPSA) is 46.9 Å². The molecule has 3 aromatic rings. The van der Waals surface area contributed by atoms with Gasteiger partial charge in [0.1, 0.15) is 0 Å². The van der Waals surface area contributed by atoms with Gasteiger partial charge in [0.15, 0.2) is 0 Å². The Balaban J connectivity index is 1.72. The summed E-state index contributed by atoms with van der Waals surface area (Å²) in [5, 5.41) is 3.03. The number of thiophene rings is 1. The van der Waals surface area contributed by atoms with Gasteiger partial charge in [-0.2, -0.15) is 0 Å². The minimum atomic E-state index is -0.0261. The molecule has 0 bridgehead atoms. The number of aryl methyl sites for hydroxylation is 2. The number of aromatic nitrogens is 2. The van der Waals surface area contributed by atoms with E-state index in [0.29, 0.717) is 0 Å². The van der Waals surface area contributed by atoms with E-state index in [1.165, 1.54) is 10.4 Å². The summed E-state index contributed by atoms with van der Waals surface area (Å²) >= 11 is 1.62. The molecule has 1 aromatic carbocycles. The molecule has 3 rings (SSSR count). The van der Waals surface area contributed by atoms with Crippen LogP contribution in [0.4, 0.5) is 5.69 Å². The zero-order chi connectivity index (χ0) is 17.6. The van der Waals surface area contributed by atoms with Gasteiger partial charge in [0, 0.05) is 29.5 Å². The maximum atomic E-state index is 12.6. The molecule has 0 atom stereocenters. The summed E-state index contributed by atoms with van der Waals surface area (Å²) in [4.78, 5) is 18.8. The maximum absolute atomic E-state index is 12.6. The predicted molar refractivity (Wildman–Crippen MR) is 103 cm³/mol. The first-order valence-electron chi connectivity index (χ1n) is 8.67. The van der Waals surface area contributed by atoms with Gasteiger partial charge >= 0.3 is 0 Å². The molecule has 5 heteroatoms. The number of benzene rings is 1. The molecule has 0 saturated heterocycles. The second kappa shape index (κ2) is 8.12. The molecule has 1 amide bonds. The Morgan fingerprint density at radius 1 is 1.28 bits per heavy atom. The first kappa shape index (κ1) is 17.4. The Morgan fingerprint density at radius 2 is 2.16 bits per heavy atom. The molecule has 0 unspecified atom stereocenters. The van der Waals surface area contributed by atoms with Crippen molar-refractivity contribution in [3.8, 4) is 0 Å². The highest BCUT2D eigenvalue weighted by Crippen LogP contribution is 2.25. The normalized spacial score (nSPS) is 10.8. The Labute approximate surface area is 152 Å². The van der Waals surface area contributed by atoms with E-state index in [1.54, 1.807) is 23.9 Å². The van der Waals surface area contributed by atoms with Crippen LogP contribution in [0.3, 0.4) is 0 Å². The minimum Gasteiger partial charge on any atom is -0.333 e. The van der Waals surface area contributed by atoms with Crippen molar-refractivity contribution in [1.82, 2.24) is 9.55 Å². The van der Waals surface area contributed by atoms with Crippen LogP contribution in [0.15, 0.2) is 49.1 Å². The second-order valence-electron chi connectivity index (χ2n) is 6.05. The molecule has 0 radical (unpaired) electrons. The number of nitrogens with one attached hydrogen (secondary N) is 1. The number of nitrogens with zero attached hydrogens (tertiary/aromatic N) is 2. The standard InChI is InChI=1S/C20H23N3OS/c1-3-6-18-16(4-2)12-19(25-18)20(24)22-17-8-5-7-15(11-17)13-23-10-9-21-14-23/h5,7-12,14H,3-4,6,13H2,1-2H3,(H,22,24). The molecule has 0 fully saturated rings. The number of amides is 1. The van der Waals surface area contributed by atoms with Gasteiger partial charge in [-0.05, 0) is 42.2 Å². The van der Waals surface area contributed by atoms with Gasteiger partial charge in [0.25, 0.3) is 5.91 Å². The Hall–Kier alpha value is -2.40. The van der Waals surface area contributed by atoms with Crippen molar-refractivity contribution in [1.29, 1.82) is 0 Å². The van der Waals surface area contributed by atoms with E-state index in [0.717, 1.165) is 41.9 Å². The summed E-state index contributed by atoms with van der Waals surface area (Å²) in [6, 6.07) is 10.0. The summed E-state index contributed by atoms with van der Waals surface area (Å²) in [5.74, 6) is -0.0261. The number of carbonyl (C=O) groups is 1. The lowest BCUT2D eigenvalue weighted by atomic mass is 10.1. The molecule has 1 N–H and O–H groups in total. The summed E-state index contributed by atoms with van der Waals surface area (Å²) in [6.45, 7) is 5.05. The molecule has 2 heterocycles. The first-order valence-corrected chi connectivity index (χ1v) is 9.48. The van der Waals surface area contributed by atoms with Gasteiger partial charge in [-0.25, -0.2) is 4.98 Å². The fourth-order valence-electron chi connectivity index (χ4n) is 2.85. The Kier molecular flexibility index (Phi) is 5.66. The summed E-state index contributed by atoms with van der Waals surface area (Å²) in [5.41, 5.74) is 3.25.